The number of benzene rings is 2. The number of carbonyl (C=O) groups is 1. The Morgan fingerprint density at radius 3 is 2.29 bits per heavy atom. The van der Waals surface area contributed by atoms with Gasteiger partial charge in [0, 0.05) is 20.2 Å². The second kappa shape index (κ2) is 6.38. The average molecular weight is 350 g/mol. The number of rotatable bonds is 5. The molecule has 0 atom stereocenters. The van der Waals surface area contributed by atoms with Crippen LogP contribution < -0.4 is 0 Å². The van der Waals surface area contributed by atoms with E-state index in [1.165, 1.54) is 38.4 Å². The Morgan fingerprint density at radius 1 is 1.12 bits per heavy atom. The Morgan fingerprint density at radius 2 is 1.75 bits per heavy atom. The van der Waals surface area contributed by atoms with Gasteiger partial charge in [-0.25, -0.2) is 17.5 Å². The Labute approximate surface area is 138 Å². The molecule has 0 saturated heterocycles. The van der Waals surface area contributed by atoms with E-state index in [-0.39, 0.29) is 4.90 Å². The molecule has 0 bridgehead atoms. The van der Waals surface area contributed by atoms with Gasteiger partial charge >= 0.3 is 5.97 Å². The monoisotopic (exact) mass is 350 g/mol. The van der Waals surface area contributed by atoms with Gasteiger partial charge in [0.1, 0.15) is 5.56 Å². The highest BCUT2D eigenvalue weighted by atomic mass is 32.2. The Bertz CT molecular complexity index is 921. The summed E-state index contributed by atoms with van der Waals surface area (Å²) in [4.78, 5) is 21.4. The van der Waals surface area contributed by atoms with Crippen LogP contribution in [-0.2, 0) is 10.0 Å². The van der Waals surface area contributed by atoms with E-state index in [0.29, 0.717) is 11.1 Å². The first-order chi connectivity index (χ1) is 11.1. The van der Waals surface area contributed by atoms with Crippen molar-refractivity contribution in [2.24, 2.45) is 0 Å². The first-order valence-corrected chi connectivity index (χ1v) is 8.13. The van der Waals surface area contributed by atoms with Crippen LogP contribution in [0, 0.1) is 10.1 Å². The van der Waals surface area contributed by atoms with Crippen molar-refractivity contribution in [1.29, 1.82) is 0 Å². The van der Waals surface area contributed by atoms with Crippen molar-refractivity contribution in [2.75, 3.05) is 14.1 Å². The number of sulfonamides is 1. The number of nitrogens with zero attached hydrogens (tertiary/aromatic N) is 2. The molecular weight excluding hydrogens is 336 g/mol. The molecule has 0 aliphatic carbocycles. The fourth-order valence-corrected chi connectivity index (χ4v) is 3.04. The summed E-state index contributed by atoms with van der Waals surface area (Å²) in [7, 11) is -0.855. The molecule has 1 N–H and O–H groups in total. The molecule has 126 valence electrons. The SMILES string of the molecule is CN(C)S(=O)(=O)c1cccc(-c2ccc(C(=O)O)c([N+](=O)[O-])c2)c1. The van der Waals surface area contributed by atoms with Crippen LogP contribution in [0.5, 0.6) is 0 Å². The van der Waals surface area contributed by atoms with Crippen LogP contribution in [0.15, 0.2) is 47.4 Å². The minimum Gasteiger partial charge on any atom is -0.477 e. The zero-order valence-corrected chi connectivity index (χ0v) is 13.6. The molecule has 9 heteroatoms. The lowest BCUT2D eigenvalue weighted by atomic mass is 10.0. The average Bonchev–Trinajstić information content (AvgIpc) is 2.54. The molecular formula is C15H14N2O6S. The van der Waals surface area contributed by atoms with Crippen molar-refractivity contribution in [3.05, 3.63) is 58.1 Å². The van der Waals surface area contributed by atoms with Crippen LogP contribution in [0.4, 0.5) is 5.69 Å². The van der Waals surface area contributed by atoms with Gasteiger partial charge in [-0.15, -0.1) is 0 Å². The fourth-order valence-electron chi connectivity index (χ4n) is 2.09. The molecule has 0 aliphatic heterocycles. The lowest BCUT2D eigenvalue weighted by molar-refractivity contribution is -0.385. The van der Waals surface area contributed by atoms with E-state index in [1.807, 2.05) is 0 Å². The number of nitro groups is 1. The van der Waals surface area contributed by atoms with Crippen molar-refractivity contribution < 1.29 is 23.2 Å². The largest absolute Gasteiger partial charge is 0.477 e. The molecule has 8 nitrogen and oxygen atoms in total. The third kappa shape index (κ3) is 3.26. The third-order valence-electron chi connectivity index (χ3n) is 3.37. The summed E-state index contributed by atoms with van der Waals surface area (Å²) in [5, 5.41) is 20.1. The van der Waals surface area contributed by atoms with Crippen LogP contribution in [0.2, 0.25) is 0 Å². The lowest BCUT2D eigenvalue weighted by Crippen LogP contribution is -2.22. The normalized spacial score (nSPS) is 11.5. The summed E-state index contributed by atoms with van der Waals surface area (Å²) in [5.74, 6) is -1.41. The van der Waals surface area contributed by atoms with Gasteiger partial charge < -0.3 is 5.11 Å². The molecule has 0 saturated carbocycles. The van der Waals surface area contributed by atoms with Crippen LogP contribution in [-0.4, -0.2) is 42.8 Å². The quantitative estimate of drug-likeness (QED) is 0.652. The van der Waals surface area contributed by atoms with Gasteiger partial charge in [-0.1, -0.05) is 18.2 Å². The molecule has 0 radical (unpaired) electrons. The molecule has 0 unspecified atom stereocenters. The number of aromatic carboxylic acids is 1. The number of hydrogen-bond acceptors (Lipinski definition) is 5. The highest BCUT2D eigenvalue weighted by Gasteiger charge is 2.22. The highest BCUT2D eigenvalue weighted by molar-refractivity contribution is 7.89. The van der Waals surface area contributed by atoms with Gasteiger partial charge in [0.2, 0.25) is 10.0 Å². The molecule has 0 amide bonds. The van der Waals surface area contributed by atoms with Gasteiger partial charge in [-0.3, -0.25) is 10.1 Å². The first-order valence-electron chi connectivity index (χ1n) is 6.69. The number of hydrogen-bond donors (Lipinski definition) is 1. The molecule has 2 aromatic carbocycles. The smallest absolute Gasteiger partial charge is 0.342 e. The Hall–Kier alpha value is -2.78. The Balaban J connectivity index is 2.60. The second-order valence-electron chi connectivity index (χ2n) is 5.11. The molecule has 24 heavy (non-hydrogen) atoms. The molecule has 2 rings (SSSR count). The second-order valence-corrected chi connectivity index (χ2v) is 7.26. The number of carboxylic acid groups (broad SMARTS) is 1. The minimum atomic E-state index is -3.65. The topological polar surface area (TPSA) is 118 Å². The molecule has 2 aromatic rings. The number of carboxylic acids is 1. The van der Waals surface area contributed by atoms with Gasteiger partial charge in [0.05, 0.1) is 9.82 Å². The van der Waals surface area contributed by atoms with Crippen LogP contribution in [0.25, 0.3) is 11.1 Å². The summed E-state index contributed by atoms with van der Waals surface area (Å²) >= 11 is 0. The van der Waals surface area contributed by atoms with E-state index < -0.39 is 32.2 Å². The van der Waals surface area contributed by atoms with Gasteiger partial charge in [-0.2, -0.15) is 0 Å². The van der Waals surface area contributed by atoms with Crippen LogP contribution >= 0.6 is 0 Å². The summed E-state index contributed by atoms with van der Waals surface area (Å²) in [6.45, 7) is 0. The van der Waals surface area contributed by atoms with Crippen LogP contribution in [0.1, 0.15) is 10.4 Å². The van der Waals surface area contributed by atoms with Gasteiger partial charge in [0.25, 0.3) is 5.69 Å². The van der Waals surface area contributed by atoms with Gasteiger partial charge in [0.15, 0.2) is 0 Å². The van der Waals surface area contributed by atoms with E-state index in [1.54, 1.807) is 6.07 Å². The lowest BCUT2D eigenvalue weighted by Gasteiger charge is -2.12. The maximum atomic E-state index is 12.2. The van der Waals surface area contributed by atoms with E-state index in [2.05, 4.69) is 0 Å². The van der Waals surface area contributed by atoms with Crippen molar-refractivity contribution in [3.8, 4) is 11.1 Å². The minimum absolute atomic E-state index is 0.0370. The maximum Gasteiger partial charge on any atom is 0.342 e. The van der Waals surface area contributed by atoms with Crippen molar-refractivity contribution in [1.82, 2.24) is 4.31 Å². The molecule has 0 heterocycles. The Kier molecular flexibility index (Phi) is 4.67. The van der Waals surface area contributed by atoms with E-state index in [9.17, 15) is 23.3 Å². The van der Waals surface area contributed by atoms with E-state index in [4.69, 9.17) is 5.11 Å². The summed E-state index contributed by atoms with van der Waals surface area (Å²) in [6.07, 6.45) is 0. The third-order valence-corrected chi connectivity index (χ3v) is 5.18. The maximum absolute atomic E-state index is 12.2. The van der Waals surface area contributed by atoms with Gasteiger partial charge in [-0.05, 0) is 29.3 Å². The molecule has 0 fully saturated rings. The van der Waals surface area contributed by atoms with E-state index in [0.717, 1.165) is 16.4 Å². The summed E-state index contributed by atoms with van der Waals surface area (Å²) < 4.78 is 25.4. The highest BCUT2D eigenvalue weighted by Crippen LogP contribution is 2.29. The zero-order chi connectivity index (χ0) is 18.1. The fraction of sp³-hybridized carbons (Fsp3) is 0.133. The molecule has 0 aromatic heterocycles. The van der Waals surface area contributed by atoms with Crippen LogP contribution in [0.3, 0.4) is 0 Å². The predicted molar refractivity (Wildman–Crippen MR) is 86.4 cm³/mol. The standard InChI is InChI=1S/C15H14N2O6S/c1-16(2)24(22,23)12-5-3-4-10(8-12)11-6-7-13(15(18)19)14(9-11)17(20)21/h3-9H,1-2H3,(H,18,19). The predicted octanol–water partition coefficient (Wildman–Crippen LogP) is 2.21. The van der Waals surface area contributed by atoms with Crippen molar-refractivity contribution in [3.63, 3.8) is 0 Å². The van der Waals surface area contributed by atoms with E-state index >= 15 is 0 Å². The molecule has 0 aliphatic rings. The summed E-state index contributed by atoms with van der Waals surface area (Å²) in [6, 6.07) is 9.55. The number of nitro benzene ring substituents is 1. The zero-order valence-electron chi connectivity index (χ0n) is 12.8. The van der Waals surface area contributed by atoms with Crippen molar-refractivity contribution in [2.45, 2.75) is 4.90 Å². The molecule has 0 spiro atoms. The van der Waals surface area contributed by atoms with Crippen molar-refractivity contribution >= 4 is 21.7 Å². The first kappa shape index (κ1) is 17.6. The summed E-state index contributed by atoms with van der Waals surface area (Å²) in [5.41, 5.74) is -0.206.